The molecule has 2 aromatic carbocycles. The van der Waals surface area contributed by atoms with Crippen molar-refractivity contribution in [3.05, 3.63) is 65.5 Å². The highest BCUT2D eigenvalue weighted by atomic mass is 32.2. The summed E-state index contributed by atoms with van der Waals surface area (Å²) in [5, 5.41) is 10.7. The van der Waals surface area contributed by atoms with E-state index < -0.39 is 27.0 Å². The van der Waals surface area contributed by atoms with Gasteiger partial charge in [0.2, 0.25) is 0 Å². The van der Waals surface area contributed by atoms with Gasteiger partial charge in [0.25, 0.3) is 0 Å². The maximum absolute atomic E-state index is 12.8. The number of nitrogens with one attached hydrogen (secondary N) is 1. The molecule has 2 aromatic rings. The Hall–Kier alpha value is -2.92. The lowest BCUT2D eigenvalue weighted by Crippen LogP contribution is -2.28. The number of carbonyl (C=O) groups excluding carboxylic acids is 1. The fourth-order valence-corrected chi connectivity index (χ4v) is 4.01. The van der Waals surface area contributed by atoms with E-state index in [0.29, 0.717) is 24.0 Å². The first kappa shape index (κ1) is 21.4. The average Bonchev–Trinajstić information content (AvgIpc) is 2.69. The molecule has 8 heteroatoms. The van der Waals surface area contributed by atoms with Crippen LogP contribution in [0.1, 0.15) is 36.1 Å². The molecule has 1 atom stereocenters. The van der Waals surface area contributed by atoms with Crippen LogP contribution >= 0.6 is 0 Å². The van der Waals surface area contributed by atoms with Gasteiger partial charge in [-0.2, -0.15) is 5.26 Å². The number of unbranched alkanes of at least 4 members (excludes halogenated alkanes) is 1. The third-order valence-corrected chi connectivity index (χ3v) is 6.40. The molecule has 0 spiro atoms. The van der Waals surface area contributed by atoms with Crippen LogP contribution in [0.4, 0.5) is 9.18 Å². The second-order valence-corrected chi connectivity index (χ2v) is 8.66. The third kappa shape index (κ3) is 6.35. The van der Waals surface area contributed by atoms with E-state index in [2.05, 4.69) is 5.32 Å². The lowest BCUT2D eigenvalue weighted by molar-refractivity contribution is 0.200. The van der Waals surface area contributed by atoms with Crippen LogP contribution in [0.2, 0.25) is 0 Å². The van der Waals surface area contributed by atoms with Gasteiger partial charge in [-0.05, 0) is 61.7 Å². The molecule has 28 heavy (non-hydrogen) atoms. The first-order valence-electron chi connectivity index (χ1n) is 8.74. The molecular formula is C20H21FN2O4S. The number of nitriles is 1. The van der Waals surface area contributed by atoms with Crippen LogP contribution in [-0.4, -0.2) is 26.8 Å². The molecule has 0 aliphatic rings. The summed E-state index contributed by atoms with van der Waals surface area (Å²) in [7, 11) is -3.35. The number of nitrogens with zero attached hydrogens (tertiary/aromatic N) is 1. The van der Waals surface area contributed by atoms with E-state index in [4.69, 9.17) is 10.00 Å². The summed E-state index contributed by atoms with van der Waals surface area (Å²) in [6, 6.07) is 13.5. The molecule has 1 amide bonds. The molecule has 0 fully saturated rings. The van der Waals surface area contributed by atoms with E-state index in [1.807, 2.05) is 6.07 Å². The summed E-state index contributed by atoms with van der Waals surface area (Å²) in [5.74, 6) is -0.218. The summed E-state index contributed by atoms with van der Waals surface area (Å²) in [6.07, 6.45) is 0.179. The van der Waals surface area contributed by atoms with Gasteiger partial charge in [0.15, 0.2) is 9.84 Å². The normalized spacial score (nSPS) is 12.0. The van der Waals surface area contributed by atoms with Gasteiger partial charge in [0, 0.05) is 6.54 Å². The van der Waals surface area contributed by atoms with E-state index in [9.17, 15) is 17.6 Å². The van der Waals surface area contributed by atoms with Crippen molar-refractivity contribution in [3.63, 3.8) is 0 Å². The van der Waals surface area contributed by atoms with Gasteiger partial charge in [0.1, 0.15) is 11.6 Å². The molecule has 6 nitrogen and oxygen atoms in total. The Morgan fingerprint density at radius 2 is 1.79 bits per heavy atom. The molecule has 148 valence electrons. The quantitative estimate of drug-likeness (QED) is 0.676. The molecular weight excluding hydrogens is 383 g/mol. The Morgan fingerprint density at radius 3 is 2.39 bits per heavy atom. The fourth-order valence-electron chi connectivity index (χ4n) is 2.48. The van der Waals surface area contributed by atoms with Crippen LogP contribution in [0.15, 0.2) is 48.5 Å². The van der Waals surface area contributed by atoms with Crippen molar-refractivity contribution in [3.8, 4) is 11.8 Å². The van der Waals surface area contributed by atoms with Crippen LogP contribution in [0, 0.1) is 17.1 Å². The zero-order valence-electron chi connectivity index (χ0n) is 15.4. The van der Waals surface area contributed by atoms with E-state index >= 15 is 0 Å². The standard InChI is InChI=1S/C20H21FN2O4S/c1-15(17-6-4-16(14-22)5-7-17)28(25,26)13-3-2-12-23-20(24)27-19-10-8-18(21)9-11-19/h4-11,15H,2-3,12-13H2,1H3,(H,23,24). The van der Waals surface area contributed by atoms with Gasteiger partial charge in [-0.15, -0.1) is 0 Å². The van der Waals surface area contributed by atoms with Crippen LogP contribution in [-0.2, 0) is 9.84 Å². The largest absolute Gasteiger partial charge is 0.412 e. The zero-order chi connectivity index (χ0) is 20.6. The molecule has 1 unspecified atom stereocenters. The van der Waals surface area contributed by atoms with Gasteiger partial charge in [-0.25, -0.2) is 17.6 Å². The van der Waals surface area contributed by atoms with Crippen molar-refractivity contribution in [2.75, 3.05) is 12.3 Å². The minimum Gasteiger partial charge on any atom is -0.410 e. The number of hydrogen-bond acceptors (Lipinski definition) is 5. The zero-order valence-corrected chi connectivity index (χ0v) is 16.2. The van der Waals surface area contributed by atoms with Crippen molar-refractivity contribution in [1.82, 2.24) is 5.32 Å². The molecule has 0 bridgehead atoms. The molecule has 1 N–H and O–H groups in total. The van der Waals surface area contributed by atoms with Crippen molar-refractivity contribution < 1.29 is 22.3 Å². The molecule has 2 rings (SSSR count). The van der Waals surface area contributed by atoms with Gasteiger partial charge in [-0.1, -0.05) is 12.1 Å². The maximum atomic E-state index is 12.8. The Morgan fingerprint density at radius 1 is 1.14 bits per heavy atom. The predicted molar refractivity (Wildman–Crippen MR) is 103 cm³/mol. The van der Waals surface area contributed by atoms with Gasteiger partial charge < -0.3 is 10.1 Å². The van der Waals surface area contributed by atoms with Crippen molar-refractivity contribution in [2.24, 2.45) is 0 Å². The smallest absolute Gasteiger partial charge is 0.410 e. The molecule has 0 heterocycles. The Kier molecular flexibility index (Phi) is 7.52. The topological polar surface area (TPSA) is 96.3 Å². The number of ether oxygens (including phenoxy) is 1. The Labute approximate surface area is 163 Å². The summed E-state index contributed by atoms with van der Waals surface area (Å²) >= 11 is 0. The molecule has 0 aromatic heterocycles. The van der Waals surface area contributed by atoms with E-state index in [-0.39, 0.29) is 18.0 Å². The Bertz CT molecular complexity index is 936. The van der Waals surface area contributed by atoms with E-state index in [0.717, 1.165) is 0 Å². The van der Waals surface area contributed by atoms with Crippen LogP contribution < -0.4 is 10.1 Å². The second-order valence-electron chi connectivity index (χ2n) is 6.22. The van der Waals surface area contributed by atoms with Gasteiger partial charge >= 0.3 is 6.09 Å². The number of benzene rings is 2. The number of hydrogen-bond donors (Lipinski definition) is 1. The molecule has 0 aliphatic heterocycles. The van der Waals surface area contributed by atoms with E-state index in [1.165, 1.54) is 24.3 Å². The molecule has 0 saturated carbocycles. The minimum absolute atomic E-state index is 0.0111. The first-order valence-corrected chi connectivity index (χ1v) is 10.5. The molecule has 0 radical (unpaired) electrons. The Balaban J connectivity index is 1.73. The number of carbonyl (C=O) groups is 1. The molecule has 0 aliphatic carbocycles. The highest BCUT2D eigenvalue weighted by molar-refractivity contribution is 7.91. The first-order chi connectivity index (χ1) is 13.3. The fraction of sp³-hybridized carbons (Fsp3) is 0.300. The summed E-state index contributed by atoms with van der Waals surface area (Å²) in [4.78, 5) is 11.6. The number of halogens is 1. The predicted octanol–water partition coefficient (Wildman–Crippen LogP) is 3.74. The summed E-state index contributed by atoms with van der Waals surface area (Å²) < 4.78 is 42.6. The van der Waals surface area contributed by atoms with E-state index in [1.54, 1.807) is 31.2 Å². The maximum Gasteiger partial charge on any atom is 0.412 e. The number of amides is 1. The third-order valence-electron chi connectivity index (χ3n) is 4.20. The number of sulfone groups is 1. The monoisotopic (exact) mass is 404 g/mol. The lowest BCUT2D eigenvalue weighted by Gasteiger charge is -2.13. The second kappa shape index (κ2) is 9.85. The van der Waals surface area contributed by atoms with Crippen LogP contribution in [0.25, 0.3) is 0 Å². The van der Waals surface area contributed by atoms with Crippen molar-refractivity contribution in [2.45, 2.75) is 25.0 Å². The number of rotatable bonds is 8. The molecule has 0 saturated heterocycles. The van der Waals surface area contributed by atoms with Gasteiger partial charge in [0.05, 0.1) is 22.6 Å². The van der Waals surface area contributed by atoms with Crippen LogP contribution in [0.3, 0.4) is 0 Å². The highest BCUT2D eigenvalue weighted by Crippen LogP contribution is 2.23. The summed E-state index contributed by atoms with van der Waals surface area (Å²) in [6.45, 7) is 1.88. The van der Waals surface area contributed by atoms with Gasteiger partial charge in [-0.3, -0.25) is 0 Å². The minimum atomic E-state index is -3.35. The van der Waals surface area contributed by atoms with Crippen molar-refractivity contribution >= 4 is 15.9 Å². The van der Waals surface area contributed by atoms with Crippen LogP contribution in [0.5, 0.6) is 5.75 Å². The van der Waals surface area contributed by atoms with Crippen molar-refractivity contribution in [1.29, 1.82) is 5.26 Å². The lowest BCUT2D eigenvalue weighted by atomic mass is 10.1. The summed E-state index contributed by atoms with van der Waals surface area (Å²) in [5.41, 5.74) is 1.12. The SMILES string of the molecule is CC(c1ccc(C#N)cc1)S(=O)(=O)CCCCNC(=O)Oc1ccc(F)cc1. The average molecular weight is 404 g/mol. The highest BCUT2D eigenvalue weighted by Gasteiger charge is 2.22.